The number of aromatic carboxylic acids is 4. The van der Waals surface area contributed by atoms with E-state index < -0.39 is 36.0 Å². The predicted octanol–water partition coefficient (Wildman–Crippen LogP) is 2.83. The number of aliphatic hydroxyl groups excluding tert-OH is 1. The van der Waals surface area contributed by atoms with Gasteiger partial charge in [-0.3, -0.25) is 4.79 Å². The van der Waals surface area contributed by atoms with Gasteiger partial charge in [-0.15, -0.1) is 0 Å². The molecule has 0 saturated carbocycles. The third-order valence-corrected chi connectivity index (χ3v) is 4.90. The Labute approximate surface area is 202 Å². The van der Waals surface area contributed by atoms with Crippen molar-refractivity contribution in [3.8, 4) is 0 Å². The third-order valence-electron chi connectivity index (χ3n) is 4.90. The molecule has 0 spiro atoms. The van der Waals surface area contributed by atoms with Gasteiger partial charge >= 0.3 is 23.9 Å². The molecule has 12 heteroatoms. The Morgan fingerprint density at radius 3 is 1.33 bits per heavy atom. The first-order chi connectivity index (χ1) is 16.9. The van der Waals surface area contributed by atoms with E-state index in [2.05, 4.69) is 10.6 Å². The lowest BCUT2D eigenvalue weighted by molar-refractivity contribution is 0.0676. The minimum Gasteiger partial charge on any atom is -0.478 e. The average Bonchev–Trinajstić information content (AvgIpc) is 2.83. The minimum absolute atomic E-state index is 0.0363. The van der Waals surface area contributed by atoms with Crippen molar-refractivity contribution in [1.29, 1.82) is 0 Å². The van der Waals surface area contributed by atoms with Crippen molar-refractivity contribution in [2.24, 2.45) is 0 Å². The van der Waals surface area contributed by atoms with E-state index >= 15 is 0 Å². The molecule has 3 aromatic carbocycles. The number of hydrogen-bond acceptors (Lipinski definition) is 7. The molecule has 0 aromatic heterocycles. The van der Waals surface area contributed by atoms with Crippen LogP contribution in [-0.2, 0) is 0 Å². The number of carbonyl (C=O) groups is 5. The normalized spacial score (nSPS) is 11.2. The molecule has 0 aliphatic carbocycles. The molecular weight excluding hydrogens is 476 g/mol. The van der Waals surface area contributed by atoms with Crippen LogP contribution in [0.25, 0.3) is 0 Å². The van der Waals surface area contributed by atoms with E-state index in [-0.39, 0.29) is 44.8 Å². The van der Waals surface area contributed by atoms with Gasteiger partial charge in [0.2, 0.25) is 0 Å². The number of hydrogen-bond donors (Lipinski definition) is 7. The maximum absolute atomic E-state index is 12.6. The van der Waals surface area contributed by atoms with Gasteiger partial charge in [0.25, 0.3) is 5.91 Å². The van der Waals surface area contributed by atoms with Crippen molar-refractivity contribution in [3.63, 3.8) is 0 Å². The summed E-state index contributed by atoms with van der Waals surface area (Å²) in [5.74, 6) is -6.12. The molecular formula is C24H18N2O10. The SMILES string of the molecule is O=C(O)c1cc(NC(=O)c2ccc(C(O)Nc3cc(C(=O)O)cc(C(=O)O)c3)cc2)cc(C(=O)O)c1. The molecule has 1 amide bonds. The number of aliphatic hydroxyl groups is 1. The molecule has 7 N–H and O–H groups in total. The van der Waals surface area contributed by atoms with E-state index in [1.807, 2.05) is 0 Å². The fourth-order valence-corrected chi connectivity index (χ4v) is 3.17. The van der Waals surface area contributed by atoms with Crippen molar-refractivity contribution < 1.29 is 49.5 Å². The van der Waals surface area contributed by atoms with Crippen molar-refractivity contribution in [3.05, 3.63) is 94.0 Å². The number of amides is 1. The van der Waals surface area contributed by atoms with Gasteiger partial charge in [-0.2, -0.15) is 0 Å². The molecule has 184 valence electrons. The summed E-state index contributed by atoms with van der Waals surface area (Å²) in [5.41, 5.74) is -0.899. The molecule has 3 rings (SSSR count). The van der Waals surface area contributed by atoms with Gasteiger partial charge in [-0.1, -0.05) is 12.1 Å². The summed E-state index contributed by atoms with van der Waals surface area (Å²) >= 11 is 0. The Kier molecular flexibility index (Phi) is 7.31. The molecule has 3 aromatic rings. The Balaban J connectivity index is 1.77. The van der Waals surface area contributed by atoms with E-state index in [1.54, 1.807) is 0 Å². The van der Waals surface area contributed by atoms with Crippen LogP contribution < -0.4 is 10.6 Å². The maximum Gasteiger partial charge on any atom is 0.335 e. The third kappa shape index (κ3) is 6.01. The van der Waals surface area contributed by atoms with Crippen LogP contribution in [0.2, 0.25) is 0 Å². The molecule has 0 fully saturated rings. The van der Waals surface area contributed by atoms with Crippen molar-refractivity contribution in [1.82, 2.24) is 0 Å². The summed E-state index contributed by atoms with van der Waals surface area (Å²) in [7, 11) is 0. The number of carbonyl (C=O) groups excluding carboxylic acids is 1. The highest BCUT2D eigenvalue weighted by Gasteiger charge is 2.16. The van der Waals surface area contributed by atoms with Gasteiger partial charge in [-0.25, -0.2) is 19.2 Å². The number of carboxylic acids is 4. The van der Waals surface area contributed by atoms with E-state index in [1.165, 1.54) is 24.3 Å². The predicted molar refractivity (Wildman–Crippen MR) is 124 cm³/mol. The second-order valence-corrected chi connectivity index (χ2v) is 7.44. The Bertz CT molecular complexity index is 1320. The summed E-state index contributed by atoms with van der Waals surface area (Å²) < 4.78 is 0. The first-order valence-electron chi connectivity index (χ1n) is 10.0. The topological polar surface area (TPSA) is 211 Å². The van der Waals surface area contributed by atoms with Crippen LogP contribution in [0.3, 0.4) is 0 Å². The number of anilines is 2. The molecule has 0 saturated heterocycles. The highest BCUT2D eigenvalue weighted by atomic mass is 16.4. The minimum atomic E-state index is -1.39. The zero-order chi connectivity index (χ0) is 26.6. The first kappa shape index (κ1) is 25.4. The first-order valence-corrected chi connectivity index (χ1v) is 10.0. The number of carboxylic acid groups (broad SMARTS) is 4. The zero-order valence-electron chi connectivity index (χ0n) is 18.1. The quantitative estimate of drug-likeness (QED) is 0.215. The summed E-state index contributed by atoms with van der Waals surface area (Å²) in [4.78, 5) is 57.5. The van der Waals surface area contributed by atoms with Gasteiger partial charge in [-0.05, 0) is 48.5 Å². The molecule has 0 aliphatic rings. The molecule has 0 aliphatic heterocycles. The van der Waals surface area contributed by atoms with Crippen molar-refractivity contribution in [2.75, 3.05) is 10.6 Å². The van der Waals surface area contributed by atoms with Crippen LogP contribution in [0, 0.1) is 0 Å². The Morgan fingerprint density at radius 1 is 0.556 bits per heavy atom. The Morgan fingerprint density at radius 2 is 0.944 bits per heavy atom. The fraction of sp³-hybridized carbons (Fsp3) is 0.0417. The summed E-state index contributed by atoms with van der Waals surface area (Å²) in [6, 6.07) is 11.9. The lowest BCUT2D eigenvalue weighted by Crippen LogP contribution is -2.15. The maximum atomic E-state index is 12.6. The smallest absolute Gasteiger partial charge is 0.335 e. The summed E-state index contributed by atoms with van der Waals surface area (Å²) in [5, 5.41) is 52.1. The van der Waals surface area contributed by atoms with E-state index in [9.17, 15) is 29.1 Å². The van der Waals surface area contributed by atoms with E-state index in [0.717, 1.165) is 36.4 Å². The van der Waals surface area contributed by atoms with Crippen LogP contribution in [0.1, 0.15) is 63.6 Å². The summed E-state index contributed by atoms with van der Waals surface area (Å²) in [6.07, 6.45) is -1.39. The van der Waals surface area contributed by atoms with Crippen LogP contribution in [0.5, 0.6) is 0 Å². The monoisotopic (exact) mass is 494 g/mol. The van der Waals surface area contributed by atoms with Crippen LogP contribution in [0.15, 0.2) is 60.7 Å². The van der Waals surface area contributed by atoms with Crippen LogP contribution in [-0.4, -0.2) is 55.3 Å². The molecule has 0 heterocycles. The Hall–Kier alpha value is -5.23. The van der Waals surface area contributed by atoms with Crippen LogP contribution >= 0.6 is 0 Å². The number of rotatable bonds is 9. The highest BCUT2D eigenvalue weighted by molar-refractivity contribution is 6.06. The van der Waals surface area contributed by atoms with Crippen LogP contribution in [0.4, 0.5) is 11.4 Å². The zero-order valence-corrected chi connectivity index (χ0v) is 18.1. The average molecular weight is 494 g/mol. The van der Waals surface area contributed by atoms with E-state index in [0.29, 0.717) is 0 Å². The molecule has 12 nitrogen and oxygen atoms in total. The molecule has 0 bridgehead atoms. The summed E-state index contributed by atoms with van der Waals surface area (Å²) in [6.45, 7) is 0. The number of nitrogens with one attached hydrogen (secondary N) is 2. The number of benzene rings is 3. The lowest BCUT2D eigenvalue weighted by atomic mass is 10.1. The van der Waals surface area contributed by atoms with Gasteiger partial charge in [0, 0.05) is 22.5 Å². The van der Waals surface area contributed by atoms with Crippen molar-refractivity contribution in [2.45, 2.75) is 6.23 Å². The van der Waals surface area contributed by atoms with Gasteiger partial charge < -0.3 is 36.2 Å². The van der Waals surface area contributed by atoms with Gasteiger partial charge in [0.05, 0.1) is 22.3 Å². The second kappa shape index (κ2) is 10.4. The van der Waals surface area contributed by atoms with Gasteiger partial charge in [0.1, 0.15) is 0 Å². The molecule has 36 heavy (non-hydrogen) atoms. The fourth-order valence-electron chi connectivity index (χ4n) is 3.17. The lowest BCUT2D eigenvalue weighted by Gasteiger charge is -2.16. The highest BCUT2D eigenvalue weighted by Crippen LogP contribution is 2.22. The molecule has 0 radical (unpaired) electrons. The second-order valence-electron chi connectivity index (χ2n) is 7.44. The van der Waals surface area contributed by atoms with Crippen molar-refractivity contribution >= 4 is 41.2 Å². The standard InChI is InChI=1S/C24H18N2O10/c27-19(25-17-7-13(21(29)30)5-14(8-17)22(31)32)11-1-2-12(4-3-11)20(28)26-18-9-15(23(33)34)6-16(10-18)24(35)36/h1-10,19,25,27H,(H,26,28)(H,29,30)(H,31,32)(H,33,34)(H,35,36). The van der Waals surface area contributed by atoms with Gasteiger partial charge in [0.15, 0.2) is 6.23 Å². The molecule has 1 atom stereocenters. The molecule has 1 unspecified atom stereocenters. The largest absolute Gasteiger partial charge is 0.478 e. The van der Waals surface area contributed by atoms with E-state index in [4.69, 9.17) is 20.4 Å².